The molecule has 5 nitrogen and oxygen atoms in total. The van der Waals surface area contributed by atoms with E-state index >= 15 is 0 Å². The predicted octanol–water partition coefficient (Wildman–Crippen LogP) is 3.25. The molecule has 0 aromatic heterocycles. The summed E-state index contributed by atoms with van der Waals surface area (Å²) in [5.41, 5.74) is 8.78. The zero-order valence-electron chi connectivity index (χ0n) is 15.2. The van der Waals surface area contributed by atoms with Crippen LogP contribution in [0.3, 0.4) is 0 Å². The van der Waals surface area contributed by atoms with Gasteiger partial charge in [0.2, 0.25) is 5.91 Å². The van der Waals surface area contributed by atoms with Crippen LogP contribution in [0.25, 0.3) is 11.1 Å². The van der Waals surface area contributed by atoms with Gasteiger partial charge in [0.1, 0.15) is 0 Å². The number of benzene rings is 2. The van der Waals surface area contributed by atoms with Gasteiger partial charge in [-0.25, -0.2) is 4.99 Å². The molecule has 1 heterocycles. The third-order valence-electron chi connectivity index (χ3n) is 5.18. The molecule has 1 aliphatic heterocycles. The van der Waals surface area contributed by atoms with Gasteiger partial charge in [-0.05, 0) is 48.2 Å². The van der Waals surface area contributed by atoms with Gasteiger partial charge in [0.25, 0.3) is 0 Å². The number of hydrogen-bond donors (Lipinski definition) is 1. The number of rotatable bonds is 3. The molecule has 0 saturated heterocycles. The molecule has 0 bridgehead atoms. The molecule has 0 saturated carbocycles. The van der Waals surface area contributed by atoms with Crippen molar-refractivity contribution in [2.75, 3.05) is 7.05 Å². The van der Waals surface area contributed by atoms with E-state index in [9.17, 15) is 4.79 Å². The van der Waals surface area contributed by atoms with Crippen molar-refractivity contribution in [3.63, 3.8) is 0 Å². The van der Waals surface area contributed by atoms with Gasteiger partial charge >= 0.3 is 0 Å². The van der Waals surface area contributed by atoms with Crippen LogP contribution in [-0.2, 0) is 10.3 Å². The maximum absolute atomic E-state index is 12.7. The van der Waals surface area contributed by atoms with Gasteiger partial charge < -0.3 is 5.73 Å². The van der Waals surface area contributed by atoms with E-state index in [0.717, 1.165) is 16.7 Å². The standard InChI is InChI=1S/C21H22N4O/c1-4-18-19(26)25(3)20(23)24-21(18,2)17-10-6-9-16(12-17)15-8-5-7-14(11-15)13-22/h5-12,18H,4H2,1-3H3,(H2,23,24)/t18-,21+/m0/s1. The number of guanidine groups is 1. The molecule has 3 rings (SSSR count). The minimum atomic E-state index is -0.717. The smallest absolute Gasteiger partial charge is 0.234 e. The minimum Gasteiger partial charge on any atom is -0.369 e. The molecule has 1 aliphatic rings. The van der Waals surface area contributed by atoms with Gasteiger partial charge in [-0.2, -0.15) is 5.26 Å². The summed E-state index contributed by atoms with van der Waals surface area (Å²) >= 11 is 0. The number of hydrogen-bond acceptors (Lipinski definition) is 4. The summed E-state index contributed by atoms with van der Waals surface area (Å²) in [6, 6.07) is 17.6. The van der Waals surface area contributed by atoms with Gasteiger partial charge in [0.15, 0.2) is 5.96 Å². The maximum atomic E-state index is 12.7. The average molecular weight is 346 g/mol. The highest BCUT2D eigenvalue weighted by Gasteiger charge is 2.45. The number of carbonyl (C=O) groups excluding carboxylic acids is 1. The summed E-state index contributed by atoms with van der Waals surface area (Å²) in [5, 5.41) is 9.13. The van der Waals surface area contributed by atoms with Crippen LogP contribution in [0, 0.1) is 17.2 Å². The Kier molecular flexibility index (Phi) is 4.52. The molecular weight excluding hydrogens is 324 g/mol. The van der Waals surface area contributed by atoms with E-state index in [-0.39, 0.29) is 17.8 Å². The summed E-state index contributed by atoms with van der Waals surface area (Å²) in [6.45, 7) is 3.95. The molecule has 2 aromatic rings. The number of amides is 1. The monoisotopic (exact) mass is 346 g/mol. The highest BCUT2D eigenvalue weighted by molar-refractivity contribution is 6.00. The Morgan fingerprint density at radius 2 is 1.88 bits per heavy atom. The Labute approximate surface area is 153 Å². The SMILES string of the molecule is CC[C@H]1C(=O)N(C)C(N)=N[C@]1(C)c1cccc(-c2cccc(C#N)c2)c1. The number of nitrogens with two attached hydrogens (primary N) is 1. The van der Waals surface area contributed by atoms with Crippen molar-refractivity contribution in [1.82, 2.24) is 4.90 Å². The van der Waals surface area contributed by atoms with Crippen LogP contribution in [0.15, 0.2) is 53.5 Å². The molecule has 26 heavy (non-hydrogen) atoms. The molecule has 0 spiro atoms. The largest absolute Gasteiger partial charge is 0.369 e. The molecule has 0 radical (unpaired) electrons. The summed E-state index contributed by atoms with van der Waals surface area (Å²) in [7, 11) is 1.66. The molecule has 2 aromatic carbocycles. The predicted molar refractivity (Wildman–Crippen MR) is 102 cm³/mol. The van der Waals surface area contributed by atoms with Crippen molar-refractivity contribution in [2.45, 2.75) is 25.8 Å². The molecule has 0 fully saturated rings. The number of aliphatic imine (C=N–C) groups is 1. The molecule has 0 unspecified atom stereocenters. The topological polar surface area (TPSA) is 82.5 Å². The zero-order valence-corrected chi connectivity index (χ0v) is 15.2. The lowest BCUT2D eigenvalue weighted by molar-refractivity contribution is -0.134. The summed E-state index contributed by atoms with van der Waals surface area (Å²) in [5.74, 6) is -0.0565. The Morgan fingerprint density at radius 1 is 1.23 bits per heavy atom. The normalized spacial score (nSPS) is 22.7. The minimum absolute atomic E-state index is 0.0145. The third kappa shape index (κ3) is 2.84. The van der Waals surface area contributed by atoms with E-state index in [4.69, 9.17) is 11.0 Å². The van der Waals surface area contributed by atoms with Gasteiger partial charge in [-0.1, -0.05) is 37.3 Å². The van der Waals surface area contributed by atoms with Crippen molar-refractivity contribution in [1.29, 1.82) is 5.26 Å². The van der Waals surface area contributed by atoms with E-state index in [0.29, 0.717) is 12.0 Å². The second-order valence-electron chi connectivity index (χ2n) is 6.75. The first-order valence-corrected chi connectivity index (χ1v) is 8.64. The third-order valence-corrected chi connectivity index (χ3v) is 5.18. The maximum Gasteiger partial charge on any atom is 0.234 e. The van der Waals surface area contributed by atoms with Crippen LogP contribution < -0.4 is 5.73 Å². The zero-order chi connectivity index (χ0) is 18.9. The van der Waals surface area contributed by atoms with E-state index < -0.39 is 5.54 Å². The van der Waals surface area contributed by atoms with Crippen molar-refractivity contribution in [3.05, 3.63) is 59.7 Å². The van der Waals surface area contributed by atoms with Crippen molar-refractivity contribution >= 4 is 11.9 Å². The Morgan fingerprint density at radius 3 is 2.54 bits per heavy atom. The lowest BCUT2D eigenvalue weighted by atomic mass is 9.76. The van der Waals surface area contributed by atoms with E-state index in [1.54, 1.807) is 13.1 Å². The number of nitriles is 1. The van der Waals surface area contributed by atoms with Crippen molar-refractivity contribution in [2.24, 2.45) is 16.6 Å². The van der Waals surface area contributed by atoms with Gasteiger partial charge in [-0.3, -0.25) is 9.69 Å². The fourth-order valence-electron chi connectivity index (χ4n) is 3.60. The molecule has 2 atom stereocenters. The Hall–Kier alpha value is -3.13. The highest BCUT2D eigenvalue weighted by Crippen LogP contribution is 2.40. The van der Waals surface area contributed by atoms with Crippen LogP contribution in [0.2, 0.25) is 0 Å². The molecule has 132 valence electrons. The first kappa shape index (κ1) is 17.7. The number of nitrogens with zero attached hydrogens (tertiary/aromatic N) is 3. The Bertz CT molecular complexity index is 928. The second kappa shape index (κ2) is 6.64. The van der Waals surface area contributed by atoms with Gasteiger partial charge in [0, 0.05) is 7.05 Å². The van der Waals surface area contributed by atoms with Gasteiger partial charge in [-0.15, -0.1) is 0 Å². The lowest BCUT2D eigenvalue weighted by Gasteiger charge is -2.40. The van der Waals surface area contributed by atoms with Crippen LogP contribution in [-0.4, -0.2) is 23.8 Å². The Balaban J connectivity index is 2.12. The molecule has 2 N–H and O–H groups in total. The van der Waals surface area contributed by atoms with E-state index in [1.807, 2.05) is 56.3 Å². The summed E-state index contributed by atoms with van der Waals surface area (Å²) < 4.78 is 0. The van der Waals surface area contributed by atoms with Crippen LogP contribution in [0.1, 0.15) is 31.4 Å². The molecule has 1 amide bonds. The van der Waals surface area contributed by atoms with E-state index in [2.05, 4.69) is 11.1 Å². The lowest BCUT2D eigenvalue weighted by Crippen LogP contribution is -2.53. The number of carbonyl (C=O) groups is 1. The van der Waals surface area contributed by atoms with Crippen molar-refractivity contribution < 1.29 is 4.79 Å². The van der Waals surface area contributed by atoms with E-state index in [1.165, 1.54) is 4.90 Å². The molecular formula is C21H22N4O. The quantitative estimate of drug-likeness (QED) is 0.926. The second-order valence-corrected chi connectivity index (χ2v) is 6.75. The van der Waals surface area contributed by atoms with Crippen LogP contribution in [0.4, 0.5) is 0 Å². The highest BCUT2D eigenvalue weighted by atomic mass is 16.2. The molecule has 0 aliphatic carbocycles. The van der Waals surface area contributed by atoms with Crippen molar-refractivity contribution in [3.8, 4) is 17.2 Å². The summed E-state index contributed by atoms with van der Waals surface area (Å²) in [6.07, 6.45) is 0.671. The van der Waals surface area contributed by atoms with Crippen LogP contribution in [0.5, 0.6) is 0 Å². The first-order valence-electron chi connectivity index (χ1n) is 8.64. The molecule has 5 heteroatoms. The fourth-order valence-corrected chi connectivity index (χ4v) is 3.60. The fraction of sp³-hybridized carbons (Fsp3) is 0.286. The van der Waals surface area contributed by atoms with Gasteiger partial charge in [0.05, 0.1) is 23.1 Å². The first-order chi connectivity index (χ1) is 12.4. The summed E-state index contributed by atoms with van der Waals surface area (Å²) in [4.78, 5) is 18.8. The average Bonchev–Trinajstić information content (AvgIpc) is 2.67. The van der Waals surface area contributed by atoms with Crippen LogP contribution >= 0.6 is 0 Å².